The predicted octanol–water partition coefficient (Wildman–Crippen LogP) is 4.97. The molecular weight excluding hydrogens is 312 g/mol. The van der Waals surface area contributed by atoms with E-state index in [1.54, 1.807) is 6.92 Å². The number of furan rings is 1. The van der Waals surface area contributed by atoms with Crippen LogP contribution in [0.4, 0.5) is 0 Å². The van der Waals surface area contributed by atoms with Gasteiger partial charge in [-0.2, -0.15) is 0 Å². The average molecular weight is 332 g/mol. The van der Waals surface area contributed by atoms with Gasteiger partial charge in [-0.15, -0.1) is 0 Å². The topological polar surface area (TPSA) is 39.4 Å². The summed E-state index contributed by atoms with van der Waals surface area (Å²) in [7, 11) is 0. The molecule has 0 aliphatic rings. The first-order valence-electron chi connectivity index (χ1n) is 8.33. The summed E-state index contributed by atoms with van der Waals surface area (Å²) in [6.07, 6.45) is 2.15. The van der Waals surface area contributed by atoms with E-state index >= 15 is 0 Å². The molecule has 0 amide bonds. The van der Waals surface area contributed by atoms with E-state index in [2.05, 4.69) is 24.3 Å². The van der Waals surface area contributed by atoms with Crippen molar-refractivity contribution in [3.05, 3.63) is 95.4 Å². The molecule has 1 aromatic heterocycles. The van der Waals surface area contributed by atoms with Crippen LogP contribution in [-0.4, -0.2) is 12.6 Å². The van der Waals surface area contributed by atoms with Gasteiger partial charge in [0.05, 0.1) is 6.61 Å². The third kappa shape index (κ3) is 4.48. The van der Waals surface area contributed by atoms with Crippen LogP contribution < -0.4 is 0 Å². The lowest BCUT2D eigenvalue weighted by Crippen LogP contribution is -2.06. The van der Waals surface area contributed by atoms with E-state index in [1.165, 1.54) is 0 Å². The minimum absolute atomic E-state index is 0.147. The molecule has 1 heterocycles. The van der Waals surface area contributed by atoms with E-state index in [0.29, 0.717) is 18.1 Å². The summed E-state index contributed by atoms with van der Waals surface area (Å²) in [6, 6.07) is 24.0. The van der Waals surface area contributed by atoms with Crippen molar-refractivity contribution in [3.63, 3.8) is 0 Å². The third-order valence-electron chi connectivity index (χ3n) is 3.76. The number of hydrogen-bond acceptors (Lipinski definition) is 3. The van der Waals surface area contributed by atoms with Crippen molar-refractivity contribution >= 4 is 17.6 Å². The SMILES string of the molecule is CCOC(=O)Cc1ccc(C=C(c2ccccc2)c2ccccc2)o1. The van der Waals surface area contributed by atoms with Gasteiger partial charge in [0.1, 0.15) is 17.9 Å². The highest BCUT2D eigenvalue weighted by Gasteiger charge is 2.10. The first-order chi connectivity index (χ1) is 12.3. The fourth-order valence-corrected chi connectivity index (χ4v) is 2.63. The molecule has 0 saturated carbocycles. The zero-order chi connectivity index (χ0) is 17.5. The summed E-state index contributed by atoms with van der Waals surface area (Å²) in [5, 5.41) is 0. The molecule has 126 valence electrons. The fourth-order valence-electron chi connectivity index (χ4n) is 2.63. The first-order valence-corrected chi connectivity index (χ1v) is 8.33. The van der Waals surface area contributed by atoms with Crippen LogP contribution in [0.3, 0.4) is 0 Å². The lowest BCUT2D eigenvalue weighted by Gasteiger charge is -2.08. The van der Waals surface area contributed by atoms with E-state index < -0.39 is 0 Å². The lowest BCUT2D eigenvalue weighted by atomic mass is 9.97. The Kier molecular flexibility index (Phi) is 5.47. The molecule has 0 N–H and O–H groups in total. The second-order valence-electron chi connectivity index (χ2n) is 5.58. The van der Waals surface area contributed by atoms with E-state index in [4.69, 9.17) is 9.15 Å². The molecule has 3 rings (SSSR count). The first kappa shape index (κ1) is 16.8. The zero-order valence-corrected chi connectivity index (χ0v) is 14.1. The second-order valence-corrected chi connectivity index (χ2v) is 5.58. The van der Waals surface area contributed by atoms with Gasteiger partial charge < -0.3 is 9.15 Å². The molecule has 25 heavy (non-hydrogen) atoms. The third-order valence-corrected chi connectivity index (χ3v) is 3.76. The standard InChI is InChI=1S/C22H20O3/c1-2-24-22(23)16-20-14-13-19(25-20)15-21(17-9-5-3-6-10-17)18-11-7-4-8-12-18/h3-15H,2,16H2,1H3. The van der Waals surface area contributed by atoms with Crippen LogP contribution in [0.5, 0.6) is 0 Å². The Hall–Kier alpha value is -3.07. The lowest BCUT2D eigenvalue weighted by molar-refractivity contribution is -0.142. The minimum Gasteiger partial charge on any atom is -0.466 e. The van der Waals surface area contributed by atoms with Gasteiger partial charge in [0, 0.05) is 0 Å². The van der Waals surface area contributed by atoms with E-state index in [0.717, 1.165) is 16.7 Å². The molecule has 0 atom stereocenters. The van der Waals surface area contributed by atoms with Crippen LogP contribution in [0.25, 0.3) is 11.6 Å². The van der Waals surface area contributed by atoms with Gasteiger partial charge in [0.25, 0.3) is 0 Å². The van der Waals surface area contributed by atoms with Crippen molar-refractivity contribution in [2.24, 2.45) is 0 Å². The number of hydrogen-bond donors (Lipinski definition) is 0. The maximum absolute atomic E-state index is 11.6. The highest BCUT2D eigenvalue weighted by molar-refractivity contribution is 5.90. The fraction of sp³-hybridized carbons (Fsp3) is 0.136. The van der Waals surface area contributed by atoms with E-state index in [-0.39, 0.29) is 12.4 Å². The molecule has 0 fully saturated rings. The number of esters is 1. The van der Waals surface area contributed by atoms with Crippen LogP contribution in [0, 0.1) is 0 Å². The number of rotatable bonds is 6. The zero-order valence-electron chi connectivity index (χ0n) is 14.1. The Balaban J connectivity index is 1.92. The Labute approximate surface area is 147 Å². The predicted molar refractivity (Wildman–Crippen MR) is 98.9 cm³/mol. The number of carbonyl (C=O) groups is 1. The van der Waals surface area contributed by atoms with Gasteiger partial charge in [-0.3, -0.25) is 4.79 Å². The van der Waals surface area contributed by atoms with Gasteiger partial charge >= 0.3 is 5.97 Å². The molecule has 0 aliphatic carbocycles. The van der Waals surface area contributed by atoms with Crippen LogP contribution in [0.15, 0.2) is 77.2 Å². The maximum atomic E-state index is 11.6. The summed E-state index contributed by atoms with van der Waals surface area (Å²) in [6.45, 7) is 2.17. The van der Waals surface area contributed by atoms with Crippen LogP contribution >= 0.6 is 0 Å². The quantitative estimate of drug-likeness (QED) is 0.598. The van der Waals surface area contributed by atoms with Crippen molar-refractivity contribution in [1.82, 2.24) is 0 Å². The maximum Gasteiger partial charge on any atom is 0.313 e. The molecule has 3 nitrogen and oxygen atoms in total. The molecule has 0 aliphatic heterocycles. The van der Waals surface area contributed by atoms with Gasteiger partial charge in [0.15, 0.2) is 0 Å². The molecule has 2 aromatic carbocycles. The minimum atomic E-state index is -0.279. The molecular formula is C22H20O3. The molecule has 3 aromatic rings. The van der Waals surface area contributed by atoms with Crippen LogP contribution in [0.1, 0.15) is 29.6 Å². The van der Waals surface area contributed by atoms with E-state index in [1.807, 2.05) is 54.6 Å². The summed E-state index contributed by atoms with van der Waals surface area (Å²) in [5.74, 6) is 1.03. The van der Waals surface area contributed by atoms with E-state index in [9.17, 15) is 4.79 Å². The highest BCUT2D eigenvalue weighted by atomic mass is 16.5. The Morgan fingerprint density at radius 1 is 0.920 bits per heavy atom. The summed E-state index contributed by atoms with van der Waals surface area (Å²) >= 11 is 0. The number of carbonyl (C=O) groups excluding carboxylic acids is 1. The Morgan fingerprint density at radius 3 is 2.08 bits per heavy atom. The summed E-state index contributed by atoms with van der Waals surface area (Å²) in [5.41, 5.74) is 3.28. The van der Waals surface area contributed by atoms with Gasteiger partial charge in [-0.05, 0) is 41.8 Å². The summed E-state index contributed by atoms with van der Waals surface area (Å²) in [4.78, 5) is 11.6. The molecule has 0 bridgehead atoms. The van der Waals surface area contributed by atoms with Crippen molar-refractivity contribution in [2.75, 3.05) is 6.61 Å². The van der Waals surface area contributed by atoms with Gasteiger partial charge in [-0.25, -0.2) is 0 Å². The molecule has 0 saturated heterocycles. The highest BCUT2D eigenvalue weighted by Crippen LogP contribution is 2.26. The molecule has 0 spiro atoms. The monoisotopic (exact) mass is 332 g/mol. The largest absolute Gasteiger partial charge is 0.466 e. The van der Waals surface area contributed by atoms with Gasteiger partial charge in [-0.1, -0.05) is 60.7 Å². The van der Waals surface area contributed by atoms with Crippen molar-refractivity contribution in [1.29, 1.82) is 0 Å². The van der Waals surface area contributed by atoms with Gasteiger partial charge in [0.2, 0.25) is 0 Å². The Morgan fingerprint density at radius 2 is 1.52 bits per heavy atom. The molecule has 0 unspecified atom stereocenters. The van der Waals surface area contributed by atoms with Crippen molar-refractivity contribution < 1.29 is 13.9 Å². The average Bonchev–Trinajstić information content (AvgIpc) is 3.08. The summed E-state index contributed by atoms with van der Waals surface area (Å²) < 4.78 is 10.8. The van der Waals surface area contributed by atoms with Crippen LogP contribution in [-0.2, 0) is 16.0 Å². The van der Waals surface area contributed by atoms with Crippen molar-refractivity contribution in [2.45, 2.75) is 13.3 Å². The smallest absolute Gasteiger partial charge is 0.313 e. The Bertz CT molecular complexity index is 804. The second kappa shape index (κ2) is 8.15. The molecule has 3 heteroatoms. The van der Waals surface area contributed by atoms with Crippen molar-refractivity contribution in [3.8, 4) is 0 Å². The normalized spacial score (nSPS) is 10.3. The number of benzene rings is 2. The number of ether oxygens (including phenoxy) is 1. The van der Waals surface area contributed by atoms with Crippen LogP contribution in [0.2, 0.25) is 0 Å². The molecule has 0 radical (unpaired) electrons.